The Bertz CT molecular complexity index is 660. The average Bonchev–Trinajstić information content (AvgIpc) is 2.47. The van der Waals surface area contributed by atoms with E-state index in [1.807, 2.05) is 13.8 Å². The lowest BCUT2D eigenvalue weighted by Crippen LogP contribution is -2.39. The average molecular weight is 327 g/mol. The van der Waals surface area contributed by atoms with E-state index in [9.17, 15) is 18.5 Å². The van der Waals surface area contributed by atoms with Crippen LogP contribution in [0, 0.1) is 16.0 Å². The molecule has 1 N–H and O–H groups in total. The maximum atomic E-state index is 12.7. The molecule has 1 aromatic carbocycles. The van der Waals surface area contributed by atoms with Gasteiger partial charge >= 0.3 is 0 Å². The molecule has 0 bridgehead atoms. The molecule has 0 amide bonds. The minimum atomic E-state index is -3.68. The molecule has 1 saturated heterocycles. The fraction of sp³-hybridized carbons (Fsp3) is 0.571. The molecule has 0 unspecified atom stereocenters. The Hall–Kier alpha value is -1.67. The fourth-order valence-electron chi connectivity index (χ4n) is 2.68. The van der Waals surface area contributed by atoms with Crippen LogP contribution in [0.15, 0.2) is 23.1 Å². The Morgan fingerprint density at radius 3 is 2.77 bits per heavy atom. The zero-order chi connectivity index (χ0) is 16.3. The molecule has 0 aliphatic carbocycles. The van der Waals surface area contributed by atoms with Crippen LogP contribution in [0.2, 0.25) is 0 Å². The molecule has 1 aliphatic rings. The Morgan fingerprint density at radius 1 is 1.45 bits per heavy atom. The summed E-state index contributed by atoms with van der Waals surface area (Å²) < 4.78 is 26.7. The number of nitro benzene ring substituents is 1. The van der Waals surface area contributed by atoms with Crippen LogP contribution in [-0.4, -0.2) is 37.3 Å². The van der Waals surface area contributed by atoms with Crippen LogP contribution in [-0.2, 0) is 10.0 Å². The zero-order valence-electron chi connectivity index (χ0n) is 12.8. The van der Waals surface area contributed by atoms with E-state index in [1.54, 1.807) is 0 Å². The van der Waals surface area contributed by atoms with Gasteiger partial charge in [-0.25, -0.2) is 8.42 Å². The minimum Gasteiger partial charge on any atom is -0.380 e. The van der Waals surface area contributed by atoms with Crippen molar-refractivity contribution in [2.75, 3.05) is 25.0 Å². The van der Waals surface area contributed by atoms with Gasteiger partial charge in [0.1, 0.15) is 5.69 Å². The molecule has 1 aromatic rings. The van der Waals surface area contributed by atoms with E-state index in [1.165, 1.54) is 16.4 Å². The summed E-state index contributed by atoms with van der Waals surface area (Å²) in [4.78, 5) is 10.6. The highest BCUT2D eigenvalue weighted by Gasteiger charge is 2.30. The highest BCUT2D eigenvalue weighted by molar-refractivity contribution is 7.89. The topological polar surface area (TPSA) is 92.6 Å². The first-order chi connectivity index (χ1) is 10.4. The lowest BCUT2D eigenvalue weighted by atomic mass is 10.0. The van der Waals surface area contributed by atoms with Crippen molar-refractivity contribution in [1.29, 1.82) is 0 Å². The van der Waals surface area contributed by atoms with Crippen molar-refractivity contribution in [2.45, 2.75) is 31.6 Å². The molecule has 22 heavy (non-hydrogen) atoms. The van der Waals surface area contributed by atoms with Crippen LogP contribution in [0.3, 0.4) is 0 Å². The quantitative estimate of drug-likeness (QED) is 0.662. The molecule has 1 atom stereocenters. The van der Waals surface area contributed by atoms with Gasteiger partial charge < -0.3 is 5.32 Å². The molecule has 0 aromatic heterocycles. The van der Waals surface area contributed by atoms with Gasteiger partial charge in [-0.2, -0.15) is 4.31 Å². The fourth-order valence-corrected chi connectivity index (χ4v) is 4.30. The largest absolute Gasteiger partial charge is 0.380 e. The number of piperidine rings is 1. The third kappa shape index (κ3) is 3.38. The highest BCUT2D eigenvalue weighted by atomic mass is 32.2. The molecule has 0 radical (unpaired) electrons. The second-order valence-corrected chi connectivity index (χ2v) is 7.51. The van der Waals surface area contributed by atoms with Crippen LogP contribution in [0.4, 0.5) is 11.4 Å². The van der Waals surface area contributed by atoms with Gasteiger partial charge in [0, 0.05) is 25.7 Å². The molecule has 0 saturated carbocycles. The lowest BCUT2D eigenvalue weighted by Gasteiger charge is -2.30. The van der Waals surface area contributed by atoms with Crippen molar-refractivity contribution in [1.82, 2.24) is 4.31 Å². The van der Waals surface area contributed by atoms with E-state index in [4.69, 9.17) is 0 Å². The van der Waals surface area contributed by atoms with Gasteiger partial charge in [0.25, 0.3) is 5.69 Å². The smallest absolute Gasteiger partial charge is 0.293 e. The van der Waals surface area contributed by atoms with Crippen LogP contribution in [0.5, 0.6) is 0 Å². The minimum absolute atomic E-state index is 0.0186. The molecule has 2 rings (SSSR count). The van der Waals surface area contributed by atoms with Crippen LogP contribution in [0.1, 0.15) is 26.7 Å². The first-order valence-electron chi connectivity index (χ1n) is 7.38. The summed E-state index contributed by atoms with van der Waals surface area (Å²) in [6, 6.07) is 4.04. The summed E-state index contributed by atoms with van der Waals surface area (Å²) in [5, 5.41) is 14.0. The van der Waals surface area contributed by atoms with E-state index in [-0.39, 0.29) is 10.6 Å². The van der Waals surface area contributed by atoms with E-state index in [0.29, 0.717) is 31.2 Å². The van der Waals surface area contributed by atoms with Gasteiger partial charge in [-0.3, -0.25) is 10.1 Å². The Kier molecular flexibility index (Phi) is 5.02. The van der Waals surface area contributed by atoms with Crippen molar-refractivity contribution in [2.24, 2.45) is 5.92 Å². The zero-order valence-corrected chi connectivity index (χ0v) is 13.6. The third-order valence-electron chi connectivity index (χ3n) is 3.79. The Morgan fingerprint density at radius 2 is 2.18 bits per heavy atom. The summed E-state index contributed by atoms with van der Waals surface area (Å²) in [6.07, 6.45) is 1.82. The number of rotatable bonds is 5. The SMILES string of the molecule is CCNc1ccc(S(=O)(=O)N2CCC[C@@H](C)C2)cc1[N+](=O)[O-]. The van der Waals surface area contributed by atoms with E-state index in [0.717, 1.165) is 18.9 Å². The summed E-state index contributed by atoms with van der Waals surface area (Å²) in [5.74, 6) is 0.305. The van der Waals surface area contributed by atoms with Crippen molar-refractivity contribution < 1.29 is 13.3 Å². The van der Waals surface area contributed by atoms with Crippen molar-refractivity contribution >= 4 is 21.4 Å². The number of benzene rings is 1. The lowest BCUT2D eigenvalue weighted by molar-refractivity contribution is -0.384. The van der Waals surface area contributed by atoms with Gasteiger partial charge in [-0.05, 0) is 37.8 Å². The van der Waals surface area contributed by atoms with Crippen LogP contribution in [0.25, 0.3) is 0 Å². The van der Waals surface area contributed by atoms with Crippen molar-refractivity contribution in [3.63, 3.8) is 0 Å². The number of nitrogens with one attached hydrogen (secondary N) is 1. The third-order valence-corrected chi connectivity index (χ3v) is 5.65. The second kappa shape index (κ2) is 6.62. The van der Waals surface area contributed by atoms with Crippen LogP contribution >= 0.6 is 0 Å². The van der Waals surface area contributed by atoms with E-state index in [2.05, 4.69) is 5.32 Å². The number of anilines is 1. The van der Waals surface area contributed by atoms with Gasteiger partial charge in [0.15, 0.2) is 0 Å². The number of hydrogen-bond acceptors (Lipinski definition) is 5. The molecule has 1 heterocycles. The van der Waals surface area contributed by atoms with Crippen LogP contribution < -0.4 is 5.32 Å². The summed E-state index contributed by atoms with van der Waals surface area (Å²) in [5.41, 5.74) is 0.117. The Balaban J connectivity index is 2.38. The molecule has 1 fully saturated rings. The molecular weight excluding hydrogens is 306 g/mol. The van der Waals surface area contributed by atoms with E-state index < -0.39 is 14.9 Å². The van der Waals surface area contributed by atoms with Crippen molar-refractivity contribution in [3.05, 3.63) is 28.3 Å². The maximum Gasteiger partial charge on any atom is 0.293 e. The Labute approximate surface area is 130 Å². The molecular formula is C14H21N3O4S. The standard InChI is InChI=1S/C14H21N3O4S/c1-3-15-13-7-6-12(9-14(13)17(18)19)22(20,21)16-8-4-5-11(2)10-16/h6-7,9,11,15H,3-5,8,10H2,1-2H3/t11-/m1/s1. The normalized spacial score (nSPS) is 19.8. The number of hydrogen-bond donors (Lipinski definition) is 1. The number of nitro groups is 1. The van der Waals surface area contributed by atoms with Gasteiger partial charge in [-0.15, -0.1) is 0 Å². The molecule has 0 spiro atoms. The number of sulfonamides is 1. The van der Waals surface area contributed by atoms with Gasteiger partial charge in [-0.1, -0.05) is 6.92 Å². The highest BCUT2D eigenvalue weighted by Crippen LogP contribution is 2.30. The van der Waals surface area contributed by atoms with Crippen molar-refractivity contribution in [3.8, 4) is 0 Å². The first kappa shape index (κ1) is 16.7. The number of nitrogens with zero attached hydrogens (tertiary/aromatic N) is 2. The maximum absolute atomic E-state index is 12.7. The van der Waals surface area contributed by atoms with E-state index >= 15 is 0 Å². The summed E-state index contributed by atoms with van der Waals surface area (Å²) in [6.45, 7) is 5.29. The summed E-state index contributed by atoms with van der Waals surface area (Å²) in [7, 11) is -3.68. The summed E-state index contributed by atoms with van der Waals surface area (Å²) >= 11 is 0. The monoisotopic (exact) mass is 327 g/mol. The van der Waals surface area contributed by atoms with Gasteiger partial charge in [0.05, 0.1) is 9.82 Å². The predicted molar refractivity (Wildman–Crippen MR) is 84.4 cm³/mol. The molecule has 122 valence electrons. The first-order valence-corrected chi connectivity index (χ1v) is 8.82. The second-order valence-electron chi connectivity index (χ2n) is 5.58. The molecule has 8 heteroatoms. The molecule has 1 aliphatic heterocycles. The molecule has 7 nitrogen and oxygen atoms in total. The predicted octanol–water partition coefficient (Wildman–Crippen LogP) is 2.45. The van der Waals surface area contributed by atoms with Gasteiger partial charge in [0.2, 0.25) is 10.0 Å².